The van der Waals surface area contributed by atoms with Crippen LogP contribution in [-0.4, -0.2) is 60.3 Å². The summed E-state index contributed by atoms with van der Waals surface area (Å²) in [5.41, 5.74) is -1.61. The average molecular weight is 536 g/mol. The highest BCUT2D eigenvalue weighted by atomic mass is 19.2. The molecule has 0 saturated heterocycles. The number of aromatic nitrogens is 4. The Morgan fingerprint density at radius 1 is 1.23 bits per heavy atom. The second-order valence-corrected chi connectivity index (χ2v) is 12.2. The lowest BCUT2D eigenvalue weighted by Gasteiger charge is -2.60. The molecule has 3 N–H and O–H groups in total. The van der Waals surface area contributed by atoms with Gasteiger partial charge in [0.2, 0.25) is 0 Å². The van der Waals surface area contributed by atoms with Gasteiger partial charge in [0.05, 0.1) is 35.2 Å². The van der Waals surface area contributed by atoms with Gasteiger partial charge >= 0.3 is 0 Å². The predicted octanol–water partition coefficient (Wildman–Crippen LogP) is 4.00. The van der Waals surface area contributed by atoms with Gasteiger partial charge in [-0.1, -0.05) is 0 Å². The van der Waals surface area contributed by atoms with Crippen LogP contribution in [0.4, 0.5) is 14.5 Å². The van der Waals surface area contributed by atoms with Crippen LogP contribution in [0.1, 0.15) is 68.3 Å². The van der Waals surface area contributed by atoms with Crippen molar-refractivity contribution in [1.82, 2.24) is 25.1 Å². The Morgan fingerprint density at radius 2 is 1.97 bits per heavy atom. The van der Waals surface area contributed by atoms with E-state index >= 15 is 0 Å². The van der Waals surface area contributed by atoms with Crippen molar-refractivity contribution in [3.05, 3.63) is 41.9 Å². The van der Waals surface area contributed by atoms with Gasteiger partial charge in [0.25, 0.3) is 5.91 Å². The van der Waals surface area contributed by atoms with Crippen molar-refractivity contribution in [3.63, 3.8) is 0 Å². The van der Waals surface area contributed by atoms with Crippen molar-refractivity contribution in [1.29, 1.82) is 5.26 Å². The molecule has 0 spiro atoms. The van der Waals surface area contributed by atoms with Crippen molar-refractivity contribution in [2.45, 2.75) is 75.4 Å². The maximum Gasteiger partial charge on any atom is 0.255 e. The Labute approximate surface area is 224 Å². The first-order chi connectivity index (χ1) is 18.5. The summed E-state index contributed by atoms with van der Waals surface area (Å²) >= 11 is 0. The largest absolute Gasteiger partial charge is 0.390 e. The highest BCUT2D eigenvalue weighted by molar-refractivity contribution is 5.99. The number of fused-ring (bicyclic) bond motifs is 1. The first-order valence-electron chi connectivity index (χ1n) is 13.3. The van der Waals surface area contributed by atoms with Crippen LogP contribution >= 0.6 is 0 Å². The standard InChI is InChI=1S/C28H31F2N7O2/c1-26(2,30)22(29)14-34-25(38)20-13-32-23(37-24-19(12-35-37)4-18(10-31)11-33-24)5-21(20)36-27-6-16-3-17(7-27)9-28(39,8-16)15-27/h4-5,11-13,16-17,22,39H,3,6-9,14-15H2,1-2H3,(H,32,36)(H,34,38). The van der Waals surface area contributed by atoms with E-state index in [4.69, 9.17) is 0 Å². The van der Waals surface area contributed by atoms with Crippen LogP contribution in [0.5, 0.6) is 0 Å². The quantitative estimate of drug-likeness (QED) is 0.417. The Kier molecular flexibility index (Phi) is 5.88. The highest BCUT2D eigenvalue weighted by Gasteiger charge is 2.57. The molecule has 4 fully saturated rings. The van der Waals surface area contributed by atoms with Crippen LogP contribution in [0.3, 0.4) is 0 Å². The second-order valence-electron chi connectivity index (χ2n) is 12.2. The van der Waals surface area contributed by atoms with Gasteiger partial charge in [-0.2, -0.15) is 15.0 Å². The molecule has 3 aromatic heterocycles. The molecule has 3 unspecified atom stereocenters. The van der Waals surface area contributed by atoms with Crippen molar-refractivity contribution < 1.29 is 18.7 Å². The Hall–Kier alpha value is -3.65. The topological polar surface area (TPSA) is 129 Å². The molecule has 11 heteroatoms. The zero-order chi connectivity index (χ0) is 27.6. The van der Waals surface area contributed by atoms with Gasteiger partial charge in [0.15, 0.2) is 17.6 Å². The van der Waals surface area contributed by atoms with E-state index < -0.39 is 29.9 Å². The second kappa shape index (κ2) is 8.95. The molecule has 204 valence electrons. The molecule has 0 aromatic carbocycles. The molecule has 9 nitrogen and oxygen atoms in total. The zero-order valence-electron chi connectivity index (χ0n) is 21.9. The number of carbonyl (C=O) groups excluding carboxylic acids is 1. The zero-order valence-corrected chi connectivity index (χ0v) is 21.9. The van der Waals surface area contributed by atoms with Crippen molar-refractivity contribution in [2.75, 3.05) is 11.9 Å². The molecule has 3 atom stereocenters. The summed E-state index contributed by atoms with van der Waals surface area (Å²) in [6, 6.07) is 5.45. The summed E-state index contributed by atoms with van der Waals surface area (Å²) in [5.74, 6) is 0.650. The molecule has 3 aromatic rings. The third-order valence-electron chi connectivity index (χ3n) is 8.51. The minimum Gasteiger partial charge on any atom is -0.390 e. The van der Waals surface area contributed by atoms with Crippen LogP contribution in [0.15, 0.2) is 30.7 Å². The minimum absolute atomic E-state index is 0.196. The van der Waals surface area contributed by atoms with E-state index in [9.17, 15) is 23.9 Å². The molecule has 0 aliphatic heterocycles. The Morgan fingerprint density at radius 3 is 2.64 bits per heavy atom. The summed E-state index contributed by atoms with van der Waals surface area (Å²) in [5, 5.41) is 31.6. The van der Waals surface area contributed by atoms with Gasteiger partial charge in [-0.25, -0.2) is 18.7 Å². The fourth-order valence-corrected chi connectivity index (χ4v) is 7.16. The van der Waals surface area contributed by atoms with E-state index in [1.807, 2.05) is 0 Å². The molecule has 0 radical (unpaired) electrons. The Balaban J connectivity index is 1.37. The number of alkyl halides is 2. The number of anilines is 1. The van der Waals surface area contributed by atoms with Crippen LogP contribution < -0.4 is 10.6 Å². The molecule has 39 heavy (non-hydrogen) atoms. The molecule has 4 saturated carbocycles. The fraction of sp³-hybridized carbons (Fsp3) is 0.536. The van der Waals surface area contributed by atoms with Gasteiger partial charge < -0.3 is 15.7 Å². The van der Waals surface area contributed by atoms with E-state index in [0.29, 0.717) is 46.4 Å². The number of aliphatic hydroxyl groups is 1. The summed E-state index contributed by atoms with van der Waals surface area (Å²) in [6.07, 6.45) is 7.63. The summed E-state index contributed by atoms with van der Waals surface area (Å²) in [4.78, 5) is 22.1. The lowest BCUT2D eigenvalue weighted by molar-refractivity contribution is -0.127. The molecule has 4 aliphatic carbocycles. The predicted molar refractivity (Wildman–Crippen MR) is 140 cm³/mol. The maximum atomic E-state index is 14.3. The minimum atomic E-state index is -2.09. The number of nitriles is 1. The maximum absolute atomic E-state index is 14.3. The van der Waals surface area contributed by atoms with Crippen LogP contribution in [0.2, 0.25) is 0 Å². The SMILES string of the molecule is CC(C)(F)C(F)CNC(=O)c1cnc(-n2ncc3cc(C#N)cnc32)cc1NC12CC3CC(CC(O)(C3)C1)C2. The summed E-state index contributed by atoms with van der Waals surface area (Å²) in [7, 11) is 0. The van der Waals surface area contributed by atoms with Crippen molar-refractivity contribution in [3.8, 4) is 11.9 Å². The number of rotatable bonds is 7. The number of carbonyl (C=O) groups is 1. The number of pyridine rings is 2. The number of halogens is 2. The van der Waals surface area contributed by atoms with E-state index in [0.717, 1.165) is 46.0 Å². The smallest absolute Gasteiger partial charge is 0.255 e. The third kappa shape index (κ3) is 4.71. The number of amides is 1. The number of hydrogen-bond donors (Lipinski definition) is 3. The lowest BCUT2D eigenvalue weighted by Crippen LogP contribution is -2.62. The number of nitrogens with zero attached hydrogens (tertiary/aromatic N) is 5. The summed E-state index contributed by atoms with van der Waals surface area (Å²) in [6.45, 7) is 1.79. The Bertz CT molecular complexity index is 1480. The normalized spacial score (nSPS) is 28.3. The molecular formula is C28H31F2N7O2. The molecule has 7 rings (SSSR count). The number of hydrogen-bond acceptors (Lipinski definition) is 7. The van der Waals surface area contributed by atoms with Crippen LogP contribution in [0, 0.1) is 23.2 Å². The van der Waals surface area contributed by atoms with Gasteiger partial charge in [0.1, 0.15) is 11.7 Å². The number of nitrogens with one attached hydrogen (secondary N) is 2. The monoisotopic (exact) mass is 535 g/mol. The van der Waals surface area contributed by atoms with Gasteiger partial charge in [0, 0.05) is 29.4 Å². The third-order valence-corrected chi connectivity index (χ3v) is 8.51. The van der Waals surface area contributed by atoms with E-state index in [1.54, 1.807) is 18.3 Å². The van der Waals surface area contributed by atoms with E-state index in [-0.39, 0.29) is 11.1 Å². The van der Waals surface area contributed by atoms with E-state index in [1.165, 1.54) is 17.1 Å². The van der Waals surface area contributed by atoms with E-state index in [2.05, 4.69) is 31.8 Å². The van der Waals surface area contributed by atoms with Gasteiger partial charge in [-0.15, -0.1) is 0 Å². The van der Waals surface area contributed by atoms with Crippen molar-refractivity contribution in [2.24, 2.45) is 11.8 Å². The summed E-state index contributed by atoms with van der Waals surface area (Å²) < 4.78 is 29.8. The molecule has 4 bridgehead atoms. The molecule has 4 aliphatic rings. The fourth-order valence-electron chi connectivity index (χ4n) is 7.16. The van der Waals surface area contributed by atoms with Gasteiger partial charge in [-0.05, 0) is 70.3 Å². The van der Waals surface area contributed by atoms with Crippen LogP contribution in [0.25, 0.3) is 16.9 Å². The molecule has 3 heterocycles. The lowest BCUT2D eigenvalue weighted by atomic mass is 9.51. The molecular weight excluding hydrogens is 504 g/mol. The van der Waals surface area contributed by atoms with Crippen molar-refractivity contribution >= 4 is 22.6 Å². The van der Waals surface area contributed by atoms with Gasteiger partial charge in [-0.3, -0.25) is 4.79 Å². The first kappa shape index (κ1) is 25.6. The highest BCUT2D eigenvalue weighted by Crippen LogP contribution is 2.58. The van der Waals surface area contributed by atoms with Crippen LogP contribution in [-0.2, 0) is 0 Å². The molecule has 1 amide bonds. The average Bonchev–Trinajstić information content (AvgIpc) is 3.28. The first-order valence-corrected chi connectivity index (χ1v) is 13.3.